The highest BCUT2D eigenvalue weighted by molar-refractivity contribution is 7.92. The van der Waals surface area contributed by atoms with Gasteiger partial charge in [0.05, 0.1) is 18.0 Å². The monoisotopic (exact) mass is 521 g/mol. The second-order valence-corrected chi connectivity index (χ2v) is 12.5. The van der Waals surface area contributed by atoms with Crippen LogP contribution in [0.3, 0.4) is 0 Å². The third-order valence-electron chi connectivity index (χ3n) is 7.08. The van der Waals surface area contributed by atoms with Crippen LogP contribution in [0.5, 0.6) is 5.75 Å². The van der Waals surface area contributed by atoms with Crippen molar-refractivity contribution in [1.82, 2.24) is 4.98 Å². The van der Waals surface area contributed by atoms with Gasteiger partial charge >= 0.3 is 0 Å². The second kappa shape index (κ2) is 9.95. The van der Waals surface area contributed by atoms with Gasteiger partial charge in [-0.15, -0.1) is 0 Å². The van der Waals surface area contributed by atoms with Crippen LogP contribution in [0.1, 0.15) is 46.5 Å². The van der Waals surface area contributed by atoms with Gasteiger partial charge in [0.15, 0.2) is 11.6 Å². The van der Waals surface area contributed by atoms with Crippen molar-refractivity contribution < 1.29 is 23.1 Å². The minimum absolute atomic E-state index is 0.000349. The molecule has 1 saturated carbocycles. The number of sulfonamides is 1. The Morgan fingerprint density at radius 2 is 2.00 bits per heavy atom. The van der Waals surface area contributed by atoms with Gasteiger partial charge in [0.25, 0.3) is 10.0 Å². The first-order valence-electron chi connectivity index (χ1n) is 11.9. The number of hydrogen-bond donors (Lipinski definition) is 2. The van der Waals surface area contributed by atoms with E-state index in [-0.39, 0.29) is 52.3 Å². The lowest BCUT2D eigenvalue weighted by atomic mass is 9.69. The molecule has 1 aliphatic heterocycles. The number of benzene rings is 1. The Labute approximate surface area is 211 Å². The number of ether oxygens (including phenoxy) is 1. The van der Waals surface area contributed by atoms with Gasteiger partial charge in [0, 0.05) is 10.9 Å². The largest absolute Gasteiger partial charge is 0.482 e. The fourth-order valence-electron chi connectivity index (χ4n) is 4.70. The summed E-state index contributed by atoms with van der Waals surface area (Å²) in [5.74, 6) is 0.478. The van der Waals surface area contributed by atoms with E-state index in [1.54, 1.807) is 24.3 Å². The molecule has 2 heterocycles. The van der Waals surface area contributed by atoms with Crippen molar-refractivity contribution >= 4 is 39.2 Å². The summed E-state index contributed by atoms with van der Waals surface area (Å²) in [6, 6.07) is 9.09. The lowest BCUT2D eigenvalue weighted by Gasteiger charge is -2.36. The molecule has 0 radical (unpaired) electrons. The number of aliphatic hydroxyl groups is 1. The highest BCUT2D eigenvalue weighted by Gasteiger charge is 2.37. The molecule has 35 heavy (non-hydrogen) atoms. The summed E-state index contributed by atoms with van der Waals surface area (Å²) in [5, 5.41) is 12.8. The SMILES string of the molecule is C[C@H](C(=O)Nc1ccc2c(n1)N(S(=O)(=O)c1cccc(Cl)c1)C[C@H](CO)O2)C1CCC(C)(C)CC1. The minimum atomic E-state index is -4.05. The zero-order valence-corrected chi connectivity index (χ0v) is 21.8. The van der Waals surface area contributed by atoms with Gasteiger partial charge in [-0.1, -0.05) is 38.4 Å². The minimum Gasteiger partial charge on any atom is -0.482 e. The van der Waals surface area contributed by atoms with Crippen molar-refractivity contribution in [2.75, 3.05) is 22.8 Å². The Bertz CT molecular complexity index is 1190. The van der Waals surface area contributed by atoms with E-state index in [0.29, 0.717) is 11.3 Å². The fraction of sp³-hybridized carbons (Fsp3) is 0.520. The van der Waals surface area contributed by atoms with E-state index in [0.717, 1.165) is 30.0 Å². The molecule has 0 spiro atoms. The standard InChI is InChI=1S/C25H32ClN3O5S/c1-16(17-9-11-25(2,3)12-10-17)24(31)28-22-8-7-21-23(27-22)29(14-19(15-30)34-21)35(32,33)20-6-4-5-18(26)13-20/h4-8,13,16-17,19,30H,9-12,14-15H2,1-3H3,(H,27,28,31)/t16-,19+/m0/s1. The molecule has 1 aromatic heterocycles. The van der Waals surface area contributed by atoms with Gasteiger partial charge in [-0.05, 0) is 67.3 Å². The summed E-state index contributed by atoms with van der Waals surface area (Å²) >= 11 is 6.03. The summed E-state index contributed by atoms with van der Waals surface area (Å²) in [6.07, 6.45) is 3.43. The van der Waals surface area contributed by atoms with E-state index in [1.165, 1.54) is 12.1 Å². The summed E-state index contributed by atoms with van der Waals surface area (Å²) in [7, 11) is -4.05. The van der Waals surface area contributed by atoms with Gasteiger partial charge in [0.2, 0.25) is 5.91 Å². The lowest BCUT2D eigenvalue weighted by Crippen LogP contribution is -2.45. The molecule has 2 aliphatic rings. The summed E-state index contributed by atoms with van der Waals surface area (Å²) in [4.78, 5) is 17.5. The van der Waals surface area contributed by atoms with Crippen LogP contribution in [0.2, 0.25) is 5.02 Å². The Hall–Kier alpha value is -2.36. The first-order valence-corrected chi connectivity index (χ1v) is 13.7. The molecule has 1 amide bonds. The van der Waals surface area contributed by atoms with Gasteiger partial charge < -0.3 is 15.2 Å². The van der Waals surface area contributed by atoms with E-state index in [2.05, 4.69) is 24.1 Å². The molecule has 190 valence electrons. The Balaban J connectivity index is 1.59. The number of amides is 1. The summed E-state index contributed by atoms with van der Waals surface area (Å²) in [6.45, 7) is 5.96. The van der Waals surface area contributed by atoms with Crippen molar-refractivity contribution in [2.45, 2.75) is 57.5 Å². The molecule has 8 nitrogen and oxygen atoms in total. The predicted octanol–water partition coefficient (Wildman–Crippen LogP) is 4.47. The van der Waals surface area contributed by atoms with Crippen molar-refractivity contribution in [3.05, 3.63) is 41.4 Å². The number of nitrogens with zero attached hydrogens (tertiary/aromatic N) is 2. The summed E-state index contributed by atoms with van der Waals surface area (Å²) < 4.78 is 33.8. The normalized spacial score (nSPS) is 21.1. The van der Waals surface area contributed by atoms with Crippen LogP contribution in [-0.2, 0) is 14.8 Å². The molecule has 1 aliphatic carbocycles. The zero-order valence-electron chi connectivity index (χ0n) is 20.2. The maximum Gasteiger partial charge on any atom is 0.265 e. The lowest BCUT2D eigenvalue weighted by molar-refractivity contribution is -0.121. The highest BCUT2D eigenvalue weighted by atomic mass is 35.5. The first-order chi connectivity index (χ1) is 16.5. The topological polar surface area (TPSA) is 109 Å². The maximum atomic E-state index is 13.5. The number of fused-ring (bicyclic) bond motifs is 1. The molecule has 10 heteroatoms. The van der Waals surface area contributed by atoms with Crippen LogP contribution < -0.4 is 14.4 Å². The molecule has 0 bridgehead atoms. The molecule has 2 atom stereocenters. The number of anilines is 2. The number of nitrogens with one attached hydrogen (secondary N) is 1. The van der Waals surface area contributed by atoms with E-state index in [1.807, 2.05) is 6.92 Å². The number of pyridine rings is 1. The Kier molecular flexibility index (Phi) is 7.31. The highest BCUT2D eigenvalue weighted by Crippen LogP contribution is 2.41. The average Bonchev–Trinajstić information content (AvgIpc) is 2.82. The molecule has 1 fully saturated rings. The number of carbonyl (C=O) groups is 1. The van der Waals surface area contributed by atoms with Gasteiger partial charge in [-0.3, -0.25) is 4.79 Å². The van der Waals surface area contributed by atoms with Gasteiger partial charge in [0.1, 0.15) is 11.9 Å². The van der Waals surface area contributed by atoms with Crippen LogP contribution >= 0.6 is 11.6 Å². The molecule has 0 saturated heterocycles. The third-order valence-corrected chi connectivity index (χ3v) is 9.07. The van der Waals surface area contributed by atoms with E-state index in [4.69, 9.17) is 16.3 Å². The Morgan fingerprint density at radius 1 is 1.29 bits per heavy atom. The molecule has 2 N–H and O–H groups in total. The van der Waals surface area contributed by atoms with Crippen LogP contribution in [0, 0.1) is 17.3 Å². The van der Waals surface area contributed by atoms with Crippen molar-refractivity contribution in [3.8, 4) is 5.75 Å². The van der Waals surface area contributed by atoms with E-state index >= 15 is 0 Å². The van der Waals surface area contributed by atoms with Crippen molar-refractivity contribution in [1.29, 1.82) is 0 Å². The number of rotatable bonds is 6. The zero-order chi connectivity index (χ0) is 25.4. The van der Waals surface area contributed by atoms with Crippen molar-refractivity contribution in [3.63, 3.8) is 0 Å². The molecule has 4 rings (SSSR count). The number of hydrogen-bond acceptors (Lipinski definition) is 6. The molecular formula is C25H32ClN3O5S. The van der Waals surface area contributed by atoms with Gasteiger partial charge in [-0.25, -0.2) is 17.7 Å². The molecule has 1 aromatic carbocycles. The average molecular weight is 522 g/mol. The smallest absolute Gasteiger partial charge is 0.265 e. The number of carbonyl (C=O) groups excluding carboxylic acids is 1. The van der Waals surface area contributed by atoms with Crippen LogP contribution in [0.25, 0.3) is 0 Å². The molecule has 0 unspecified atom stereocenters. The quantitative estimate of drug-likeness (QED) is 0.580. The molecular weight excluding hydrogens is 490 g/mol. The second-order valence-electron chi connectivity index (χ2n) is 10.2. The fourth-order valence-corrected chi connectivity index (χ4v) is 6.46. The van der Waals surface area contributed by atoms with Crippen LogP contribution in [0.4, 0.5) is 11.6 Å². The van der Waals surface area contributed by atoms with Crippen molar-refractivity contribution in [2.24, 2.45) is 17.3 Å². The summed E-state index contributed by atoms with van der Waals surface area (Å²) in [5.41, 5.74) is 0.317. The molecule has 2 aromatic rings. The van der Waals surface area contributed by atoms with E-state index < -0.39 is 16.1 Å². The number of aromatic nitrogens is 1. The number of aliphatic hydroxyl groups excluding tert-OH is 1. The van der Waals surface area contributed by atoms with Crippen LogP contribution in [0.15, 0.2) is 41.3 Å². The first kappa shape index (κ1) is 25.7. The van der Waals surface area contributed by atoms with Gasteiger partial charge in [-0.2, -0.15) is 0 Å². The predicted molar refractivity (Wildman–Crippen MR) is 135 cm³/mol. The Morgan fingerprint density at radius 3 is 2.66 bits per heavy atom. The van der Waals surface area contributed by atoms with Crippen LogP contribution in [-0.4, -0.2) is 43.7 Å². The third kappa shape index (κ3) is 5.57. The maximum absolute atomic E-state index is 13.5. The van der Waals surface area contributed by atoms with E-state index in [9.17, 15) is 18.3 Å². The number of halogens is 1.